The fourth-order valence-electron chi connectivity index (χ4n) is 4.83. The van der Waals surface area contributed by atoms with Crippen molar-refractivity contribution in [3.05, 3.63) is 45.2 Å². The molecule has 2 aromatic heterocycles. The van der Waals surface area contributed by atoms with Gasteiger partial charge in [0, 0.05) is 36.1 Å². The maximum Gasteiger partial charge on any atom is 0.317 e. The van der Waals surface area contributed by atoms with E-state index in [0.717, 1.165) is 37.1 Å². The molecule has 0 bridgehead atoms. The molecule has 3 heterocycles. The highest BCUT2D eigenvalue weighted by molar-refractivity contribution is 7.21. The van der Waals surface area contributed by atoms with Gasteiger partial charge in [-0.3, -0.25) is 19.3 Å². The molecule has 1 aliphatic rings. The van der Waals surface area contributed by atoms with Crippen molar-refractivity contribution in [2.24, 2.45) is 7.05 Å². The van der Waals surface area contributed by atoms with E-state index in [1.54, 1.807) is 45.5 Å². The number of methoxy groups -OCH3 is 2. The largest absolute Gasteiger partial charge is 0.496 e. The Morgan fingerprint density at radius 1 is 1.13 bits per heavy atom. The van der Waals surface area contributed by atoms with E-state index in [1.807, 2.05) is 12.1 Å². The molecule has 0 atom stereocenters. The topological polar surface area (TPSA) is 113 Å². The van der Waals surface area contributed by atoms with Crippen LogP contribution in [0.2, 0.25) is 0 Å². The van der Waals surface area contributed by atoms with Gasteiger partial charge in [-0.05, 0) is 63.8 Å². The summed E-state index contributed by atoms with van der Waals surface area (Å²) in [6.07, 6.45) is 3.55. The summed E-state index contributed by atoms with van der Waals surface area (Å²) in [6.45, 7) is 2.05. The number of rotatable bonds is 9. The number of aliphatic carboxylic acids is 1. The van der Waals surface area contributed by atoms with Gasteiger partial charge in [0.1, 0.15) is 11.5 Å². The van der Waals surface area contributed by atoms with Crippen LogP contribution in [-0.2, 0) is 18.4 Å². The summed E-state index contributed by atoms with van der Waals surface area (Å²) in [5.74, 6) is -0.0190. The fourth-order valence-corrected chi connectivity index (χ4v) is 5.91. The maximum absolute atomic E-state index is 13.1. The predicted molar refractivity (Wildman–Crippen MR) is 148 cm³/mol. The monoisotopic (exact) mass is 542 g/mol. The zero-order valence-corrected chi connectivity index (χ0v) is 23.2. The van der Waals surface area contributed by atoms with Crippen LogP contribution in [0.3, 0.4) is 0 Å². The number of nitrogens with one attached hydrogen (secondary N) is 1. The SMILES string of the molecule is COc1cc(-c2cn(C)c(=O)c3cc(C(=O)NC4CCN(C)CC4)sc23)cc(OC)c1CN(C)CC(=O)O. The second-order valence-corrected chi connectivity index (χ2v) is 10.8. The number of carbonyl (C=O) groups excluding carboxylic acids is 1. The molecular weight excluding hydrogens is 508 g/mol. The number of carboxylic acid groups (broad SMARTS) is 1. The standard InChI is InChI=1S/C27H34N4O6S/c1-29-8-6-17(7-9-29)28-26(34)23-12-18-25(38-23)19(14-31(3)27(18)35)16-10-21(36-4)20(22(11-16)37-5)13-30(2)15-24(32)33/h10-12,14,17H,6-9,13,15H2,1-5H3,(H,28,34)(H,32,33). The number of likely N-dealkylation sites (tertiary alicyclic amines) is 1. The van der Waals surface area contributed by atoms with E-state index in [-0.39, 0.29) is 24.1 Å². The highest BCUT2D eigenvalue weighted by Crippen LogP contribution is 2.39. The van der Waals surface area contributed by atoms with Crippen LogP contribution in [0.4, 0.5) is 0 Å². The second-order valence-electron chi connectivity index (χ2n) is 9.79. The molecule has 1 saturated heterocycles. The Morgan fingerprint density at radius 3 is 2.34 bits per heavy atom. The van der Waals surface area contributed by atoms with E-state index in [0.29, 0.717) is 38.6 Å². The minimum absolute atomic E-state index is 0.117. The molecule has 1 amide bonds. The van der Waals surface area contributed by atoms with Crippen LogP contribution in [0.25, 0.3) is 21.2 Å². The highest BCUT2D eigenvalue weighted by Gasteiger charge is 2.23. The number of pyridine rings is 1. The maximum atomic E-state index is 13.1. The number of hydrogen-bond donors (Lipinski definition) is 2. The summed E-state index contributed by atoms with van der Waals surface area (Å²) in [4.78, 5) is 41.7. The fraction of sp³-hybridized carbons (Fsp3) is 0.444. The summed E-state index contributed by atoms with van der Waals surface area (Å²) >= 11 is 1.30. The summed E-state index contributed by atoms with van der Waals surface area (Å²) < 4.78 is 13.6. The van der Waals surface area contributed by atoms with E-state index in [1.165, 1.54) is 15.9 Å². The van der Waals surface area contributed by atoms with Crippen molar-refractivity contribution in [2.45, 2.75) is 25.4 Å². The van der Waals surface area contributed by atoms with E-state index >= 15 is 0 Å². The third-order valence-electron chi connectivity index (χ3n) is 6.88. The first kappa shape index (κ1) is 27.6. The molecule has 204 valence electrons. The van der Waals surface area contributed by atoms with Gasteiger partial charge in [-0.15, -0.1) is 11.3 Å². The molecule has 4 rings (SSSR count). The molecule has 1 aromatic carbocycles. The lowest BCUT2D eigenvalue weighted by molar-refractivity contribution is -0.138. The molecule has 1 aliphatic heterocycles. The number of likely N-dealkylation sites (N-methyl/N-ethyl adjacent to an activating group) is 1. The van der Waals surface area contributed by atoms with Crippen LogP contribution in [0.1, 0.15) is 28.1 Å². The van der Waals surface area contributed by atoms with E-state index in [9.17, 15) is 14.4 Å². The first-order valence-corrected chi connectivity index (χ1v) is 13.2. The van der Waals surface area contributed by atoms with E-state index in [2.05, 4.69) is 17.3 Å². The molecule has 0 aliphatic carbocycles. The summed E-state index contributed by atoms with van der Waals surface area (Å²) in [5.41, 5.74) is 2.07. The zero-order chi connectivity index (χ0) is 27.6. The van der Waals surface area contributed by atoms with E-state index < -0.39 is 5.97 Å². The highest BCUT2D eigenvalue weighted by atomic mass is 32.1. The molecule has 3 aromatic rings. The van der Waals surface area contributed by atoms with Gasteiger partial charge in [0.15, 0.2) is 0 Å². The van der Waals surface area contributed by atoms with Gasteiger partial charge < -0.3 is 29.4 Å². The Bertz CT molecular complexity index is 1380. The van der Waals surface area contributed by atoms with Gasteiger partial charge in [-0.25, -0.2) is 0 Å². The molecule has 0 radical (unpaired) electrons. The average Bonchev–Trinajstić information content (AvgIpc) is 3.33. The number of thiophene rings is 1. The minimum Gasteiger partial charge on any atom is -0.496 e. The molecule has 10 nitrogen and oxygen atoms in total. The first-order chi connectivity index (χ1) is 18.1. The van der Waals surface area contributed by atoms with Crippen molar-refractivity contribution in [3.63, 3.8) is 0 Å². The van der Waals surface area contributed by atoms with Crippen molar-refractivity contribution in [2.75, 3.05) is 47.9 Å². The van der Waals surface area contributed by atoms with Crippen LogP contribution < -0.4 is 20.3 Å². The predicted octanol–water partition coefficient (Wildman–Crippen LogP) is 2.62. The van der Waals surface area contributed by atoms with Crippen LogP contribution in [-0.4, -0.2) is 85.3 Å². The molecule has 38 heavy (non-hydrogen) atoms. The number of piperidine rings is 1. The lowest BCUT2D eigenvalue weighted by atomic mass is 10.0. The third kappa shape index (κ3) is 5.85. The van der Waals surface area contributed by atoms with Gasteiger partial charge in [-0.2, -0.15) is 0 Å². The second kappa shape index (κ2) is 11.5. The smallest absolute Gasteiger partial charge is 0.317 e. The quantitative estimate of drug-likeness (QED) is 0.424. The van der Waals surface area contributed by atoms with Crippen LogP contribution in [0.5, 0.6) is 11.5 Å². The molecule has 1 fully saturated rings. The third-order valence-corrected chi connectivity index (χ3v) is 8.05. The van der Waals surface area contributed by atoms with Crippen LogP contribution >= 0.6 is 11.3 Å². The first-order valence-electron chi connectivity index (χ1n) is 12.4. The molecule has 2 N–H and O–H groups in total. The number of carbonyl (C=O) groups is 2. The normalized spacial score (nSPS) is 14.7. The van der Waals surface area contributed by atoms with Crippen molar-refractivity contribution in [1.29, 1.82) is 0 Å². The number of aryl methyl sites for hydroxylation is 1. The molecular formula is C27H34N4O6S. The number of benzene rings is 1. The molecule has 11 heteroatoms. The molecule has 0 spiro atoms. The summed E-state index contributed by atoms with van der Waals surface area (Å²) in [5, 5.41) is 12.8. The number of aromatic nitrogens is 1. The lowest BCUT2D eigenvalue weighted by Crippen LogP contribution is -2.43. The van der Waals surface area contributed by atoms with Gasteiger partial charge in [0.05, 0.1) is 36.6 Å². The molecule has 0 saturated carbocycles. The lowest BCUT2D eigenvalue weighted by Gasteiger charge is -2.29. The number of carboxylic acids is 1. The summed E-state index contributed by atoms with van der Waals surface area (Å²) in [6, 6.07) is 5.50. The zero-order valence-electron chi connectivity index (χ0n) is 22.4. The Labute approximate surface area is 225 Å². The Kier molecular flexibility index (Phi) is 8.39. The average molecular weight is 543 g/mol. The van der Waals surface area contributed by atoms with Crippen molar-refractivity contribution in [3.8, 4) is 22.6 Å². The number of amides is 1. The van der Waals surface area contributed by atoms with Gasteiger partial charge in [0.25, 0.3) is 11.5 Å². The number of nitrogens with zero attached hydrogens (tertiary/aromatic N) is 3. The number of hydrogen-bond acceptors (Lipinski definition) is 8. The van der Waals surface area contributed by atoms with Crippen LogP contribution in [0.15, 0.2) is 29.2 Å². The Balaban J connectivity index is 1.74. The van der Waals surface area contributed by atoms with Gasteiger partial charge >= 0.3 is 5.97 Å². The van der Waals surface area contributed by atoms with Crippen LogP contribution in [0, 0.1) is 0 Å². The minimum atomic E-state index is -0.928. The Hall–Kier alpha value is -3.41. The van der Waals surface area contributed by atoms with E-state index in [4.69, 9.17) is 14.6 Å². The number of ether oxygens (including phenoxy) is 2. The van der Waals surface area contributed by atoms with Crippen molar-refractivity contribution >= 4 is 33.3 Å². The number of fused-ring (bicyclic) bond motifs is 1. The van der Waals surface area contributed by atoms with Gasteiger partial charge in [-0.1, -0.05) is 0 Å². The van der Waals surface area contributed by atoms with Crippen molar-refractivity contribution < 1.29 is 24.2 Å². The molecule has 0 unspecified atom stereocenters. The van der Waals surface area contributed by atoms with Gasteiger partial charge in [0.2, 0.25) is 0 Å². The van der Waals surface area contributed by atoms with Crippen molar-refractivity contribution in [1.82, 2.24) is 19.7 Å². The summed E-state index contributed by atoms with van der Waals surface area (Å²) in [7, 11) is 8.57. The Morgan fingerprint density at radius 2 is 1.76 bits per heavy atom.